The Morgan fingerprint density at radius 1 is 1.11 bits per heavy atom. The van der Waals surface area contributed by atoms with E-state index in [9.17, 15) is 22.4 Å². The largest absolute Gasteiger partial charge is 0.473 e. The van der Waals surface area contributed by atoms with E-state index in [1.807, 2.05) is 0 Å². The van der Waals surface area contributed by atoms with Crippen molar-refractivity contribution in [2.24, 2.45) is 0 Å². The Balaban J connectivity index is 1.16. The van der Waals surface area contributed by atoms with Gasteiger partial charge in [-0.3, -0.25) is 9.55 Å². The minimum absolute atomic E-state index is 0.0196. The van der Waals surface area contributed by atoms with Gasteiger partial charge in [-0.15, -0.1) is 0 Å². The topological polar surface area (TPSA) is 69.5 Å². The highest BCUT2D eigenvalue weighted by molar-refractivity contribution is 5.54. The van der Waals surface area contributed by atoms with Gasteiger partial charge in [-0.25, -0.2) is 9.18 Å². The number of rotatable bonds is 5. The molecule has 6 rings (SSSR count). The molecule has 0 spiro atoms. The minimum Gasteiger partial charge on any atom is -0.473 e. The third-order valence-corrected chi connectivity index (χ3v) is 7.06. The van der Waals surface area contributed by atoms with Crippen molar-refractivity contribution in [3.8, 4) is 17.4 Å². The van der Waals surface area contributed by atoms with Gasteiger partial charge in [0.25, 0.3) is 0 Å². The van der Waals surface area contributed by atoms with Gasteiger partial charge in [0.2, 0.25) is 5.88 Å². The van der Waals surface area contributed by atoms with Crippen LogP contribution in [-0.4, -0.2) is 26.1 Å². The van der Waals surface area contributed by atoms with Crippen molar-refractivity contribution >= 4 is 5.82 Å². The van der Waals surface area contributed by atoms with Crippen LogP contribution in [0.5, 0.6) is 17.4 Å². The van der Waals surface area contributed by atoms with Crippen molar-refractivity contribution in [3.63, 3.8) is 0 Å². The van der Waals surface area contributed by atoms with Crippen LogP contribution in [0.25, 0.3) is 0 Å². The monoisotopic (exact) mass is 488 g/mol. The normalized spacial score (nSPS) is 22.3. The molecule has 2 fully saturated rings. The summed E-state index contributed by atoms with van der Waals surface area (Å²) in [5, 5.41) is 0. The third kappa shape index (κ3) is 3.69. The molecule has 5 heterocycles. The summed E-state index contributed by atoms with van der Waals surface area (Å²) >= 11 is 0. The fourth-order valence-corrected chi connectivity index (χ4v) is 5.51. The molecule has 2 saturated heterocycles. The molecular formula is C24H20F4N4O3. The molecule has 11 heteroatoms. The highest BCUT2D eigenvalue weighted by atomic mass is 19.4. The minimum atomic E-state index is -4.64. The Labute approximate surface area is 196 Å². The van der Waals surface area contributed by atoms with E-state index in [2.05, 4.69) is 14.9 Å². The molecule has 0 amide bonds. The molecule has 3 aliphatic rings. The van der Waals surface area contributed by atoms with Crippen LogP contribution >= 0.6 is 0 Å². The van der Waals surface area contributed by atoms with Gasteiger partial charge in [-0.2, -0.15) is 18.2 Å². The molecule has 0 radical (unpaired) electrons. The molecule has 3 aromatic rings. The maximum absolute atomic E-state index is 14.6. The third-order valence-electron chi connectivity index (χ3n) is 7.06. The van der Waals surface area contributed by atoms with E-state index in [0.717, 1.165) is 43.8 Å². The number of halogens is 4. The summed E-state index contributed by atoms with van der Waals surface area (Å²) in [5.41, 5.74) is -1.03. The van der Waals surface area contributed by atoms with Gasteiger partial charge in [0.15, 0.2) is 11.6 Å². The number of aromatic nitrogens is 3. The summed E-state index contributed by atoms with van der Waals surface area (Å²) in [6.07, 6.45) is 0.691. The molecular weight excluding hydrogens is 468 g/mol. The van der Waals surface area contributed by atoms with E-state index in [1.165, 1.54) is 18.2 Å². The number of hydrogen-bond donors (Lipinski definition) is 0. The molecule has 0 N–H and O–H groups in total. The van der Waals surface area contributed by atoms with Crippen molar-refractivity contribution in [2.45, 2.75) is 56.6 Å². The van der Waals surface area contributed by atoms with E-state index in [0.29, 0.717) is 24.2 Å². The fourth-order valence-electron chi connectivity index (χ4n) is 5.51. The first kappa shape index (κ1) is 21.9. The zero-order valence-corrected chi connectivity index (χ0v) is 18.4. The number of ether oxygens (including phenoxy) is 2. The van der Waals surface area contributed by atoms with Crippen LogP contribution in [0, 0.1) is 5.82 Å². The fraction of sp³-hybridized carbons (Fsp3) is 0.375. The van der Waals surface area contributed by atoms with Crippen molar-refractivity contribution in [1.29, 1.82) is 0 Å². The Bertz CT molecular complexity index is 1370. The smallest absolute Gasteiger partial charge is 0.433 e. The highest BCUT2D eigenvalue weighted by Gasteiger charge is 2.56. The Morgan fingerprint density at radius 2 is 1.91 bits per heavy atom. The molecule has 0 saturated carbocycles. The maximum atomic E-state index is 14.6. The van der Waals surface area contributed by atoms with Crippen LogP contribution in [0.15, 0.2) is 47.4 Å². The summed E-state index contributed by atoms with van der Waals surface area (Å²) in [6, 6.07) is 8.11. The van der Waals surface area contributed by atoms with Crippen molar-refractivity contribution in [2.75, 3.05) is 4.90 Å². The zero-order chi connectivity index (χ0) is 24.4. The van der Waals surface area contributed by atoms with Crippen LogP contribution < -0.4 is 20.1 Å². The summed E-state index contributed by atoms with van der Waals surface area (Å²) in [4.78, 5) is 22.2. The van der Waals surface area contributed by atoms with Gasteiger partial charge >= 0.3 is 11.9 Å². The number of hydrogen-bond acceptors (Lipinski definition) is 6. The zero-order valence-electron chi connectivity index (χ0n) is 18.4. The lowest BCUT2D eigenvalue weighted by Crippen LogP contribution is -2.38. The van der Waals surface area contributed by atoms with Crippen LogP contribution in [0.4, 0.5) is 23.4 Å². The molecule has 7 nitrogen and oxygen atoms in total. The summed E-state index contributed by atoms with van der Waals surface area (Å²) < 4.78 is 65.8. The SMILES string of the molecule is O=c1nc(OCc2ccc(Oc3ccnc(C(F)(F)F)c3)c(F)c2)cc2n1CC13CCC(CC1)N23. The summed E-state index contributed by atoms with van der Waals surface area (Å²) in [7, 11) is 0. The average Bonchev–Trinajstić information content (AvgIpc) is 3.45. The molecule has 182 valence electrons. The van der Waals surface area contributed by atoms with Gasteiger partial charge in [-0.05, 0) is 49.4 Å². The van der Waals surface area contributed by atoms with Crippen molar-refractivity contribution in [1.82, 2.24) is 14.5 Å². The number of alkyl halides is 3. The summed E-state index contributed by atoms with van der Waals surface area (Å²) in [5.74, 6) is -0.204. The number of nitrogens with zero attached hydrogens (tertiary/aromatic N) is 4. The van der Waals surface area contributed by atoms with Crippen LogP contribution in [0.2, 0.25) is 0 Å². The second-order valence-corrected chi connectivity index (χ2v) is 9.18. The number of anilines is 1. The molecule has 35 heavy (non-hydrogen) atoms. The van der Waals surface area contributed by atoms with E-state index in [1.54, 1.807) is 10.6 Å². The van der Waals surface area contributed by atoms with Gasteiger partial charge in [0.1, 0.15) is 23.9 Å². The molecule has 2 aromatic heterocycles. The summed E-state index contributed by atoms with van der Waals surface area (Å²) in [6.45, 7) is 0.606. The Morgan fingerprint density at radius 3 is 2.66 bits per heavy atom. The van der Waals surface area contributed by atoms with Gasteiger partial charge in [0, 0.05) is 24.4 Å². The van der Waals surface area contributed by atoms with Crippen LogP contribution in [-0.2, 0) is 19.3 Å². The predicted molar refractivity (Wildman–Crippen MR) is 116 cm³/mol. The molecule has 2 bridgehead atoms. The standard InChI is InChI=1S/C24H20F4N4O3/c25-17-9-14(1-2-18(17)35-16-5-8-29-19(10-16)24(26,27)28)12-34-20-11-21-31(22(33)30-20)13-23-6-3-15(4-7-23)32(21)23/h1-2,5,8-11,15H,3-4,6-7,12-13H2. The van der Waals surface area contributed by atoms with E-state index < -0.39 is 17.7 Å². The second kappa shape index (κ2) is 7.69. The molecule has 0 atom stereocenters. The molecule has 0 aliphatic carbocycles. The number of fused-ring (bicyclic) bond motifs is 1. The lowest BCUT2D eigenvalue weighted by atomic mass is 9.88. The van der Waals surface area contributed by atoms with E-state index >= 15 is 0 Å². The first-order chi connectivity index (χ1) is 16.7. The van der Waals surface area contributed by atoms with Crippen molar-refractivity contribution in [3.05, 3.63) is 70.2 Å². The van der Waals surface area contributed by atoms with E-state index in [4.69, 9.17) is 9.47 Å². The molecule has 1 aromatic carbocycles. The number of benzene rings is 1. The van der Waals surface area contributed by atoms with Gasteiger partial charge in [-0.1, -0.05) is 6.07 Å². The van der Waals surface area contributed by atoms with E-state index in [-0.39, 0.29) is 35.2 Å². The average molecular weight is 488 g/mol. The van der Waals surface area contributed by atoms with Crippen LogP contribution in [0.1, 0.15) is 36.9 Å². The lowest BCUT2D eigenvalue weighted by molar-refractivity contribution is -0.141. The molecule has 3 aliphatic heterocycles. The van der Waals surface area contributed by atoms with Gasteiger partial charge in [0.05, 0.1) is 12.1 Å². The first-order valence-corrected chi connectivity index (χ1v) is 11.3. The maximum Gasteiger partial charge on any atom is 0.433 e. The van der Waals surface area contributed by atoms with Gasteiger partial charge < -0.3 is 14.4 Å². The van der Waals surface area contributed by atoms with Crippen molar-refractivity contribution < 1.29 is 27.0 Å². The van der Waals surface area contributed by atoms with Crippen LogP contribution in [0.3, 0.4) is 0 Å². The first-order valence-electron chi connectivity index (χ1n) is 11.3. The molecule has 0 unspecified atom stereocenters. The lowest BCUT2D eigenvalue weighted by Gasteiger charge is -2.27. The Kier molecular flexibility index (Phi) is 4.81. The predicted octanol–water partition coefficient (Wildman–Crippen LogP) is 4.68. The quantitative estimate of drug-likeness (QED) is 0.486. The highest BCUT2D eigenvalue weighted by Crippen LogP contribution is 2.53. The number of pyridine rings is 1. The second-order valence-electron chi connectivity index (χ2n) is 9.18. The Hall–Kier alpha value is -3.63.